The Morgan fingerprint density at radius 1 is 1.21 bits per heavy atom. The molecular formula is C10H12F3N. The Morgan fingerprint density at radius 2 is 1.71 bits per heavy atom. The second-order valence-corrected chi connectivity index (χ2v) is 3.26. The maximum absolute atomic E-state index is 13.2. The van der Waals surface area contributed by atoms with Gasteiger partial charge in [-0.1, -0.05) is 6.92 Å². The predicted octanol–water partition coefficient (Wildman–Crippen LogP) is 2.56. The molecule has 0 heterocycles. The van der Waals surface area contributed by atoms with Crippen molar-refractivity contribution in [2.45, 2.75) is 19.3 Å². The molecule has 0 aliphatic rings. The molecule has 0 amide bonds. The Bertz CT molecular complexity index is 302. The number of hydrogen-bond acceptors (Lipinski definition) is 1. The summed E-state index contributed by atoms with van der Waals surface area (Å²) in [6.45, 7) is 2.00. The third kappa shape index (κ3) is 2.26. The monoisotopic (exact) mass is 203 g/mol. The van der Waals surface area contributed by atoms with Crippen molar-refractivity contribution in [3.63, 3.8) is 0 Å². The molecule has 1 aromatic rings. The number of rotatable bonds is 3. The van der Waals surface area contributed by atoms with Crippen LogP contribution < -0.4 is 5.73 Å². The van der Waals surface area contributed by atoms with Gasteiger partial charge in [-0.25, -0.2) is 13.2 Å². The van der Waals surface area contributed by atoms with Crippen molar-refractivity contribution in [3.8, 4) is 0 Å². The van der Waals surface area contributed by atoms with Crippen molar-refractivity contribution in [3.05, 3.63) is 35.1 Å². The molecule has 0 bridgehead atoms. The van der Waals surface area contributed by atoms with E-state index in [0.717, 1.165) is 0 Å². The summed E-state index contributed by atoms with van der Waals surface area (Å²) < 4.78 is 38.9. The summed E-state index contributed by atoms with van der Waals surface area (Å²) in [7, 11) is 0. The van der Waals surface area contributed by atoms with Crippen LogP contribution in [0.2, 0.25) is 0 Å². The van der Waals surface area contributed by atoms with Gasteiger partial charge in [-0.3, -0.25) is 0 Å². The Kier molecular flexibility index (Phi) is 3.52. The molecule has 1 atom stereocenters. The van der Waals surface area contributed by atoms with Crippen LogP contribution in [-0.2, 0) is 0 Å². The third-order valence-electron chi connectivity index (χ3n) is 2.14. The van der Waals surface area contributed by atoms with Crippen LogP contribution in [0.25, 0.3) is 0 Å². The molecule has 1 unspecified atom stereocenters. The topological polar surface area (TPSA) is 26.0 Å². The molecule has 0 aromatic heterocycles. The average Bonchev–Trinajstić information content (AvgIpc) is 2.01. The average molecular weight is 203 g/mol. The summed E-state index contributed by atoms with van der Waals surface area (Å²) in [4.78, 5) is 0. The molecule has 2 N–H and O–H groups in total. The first-order chi connectivity index (χ1) is 6.56. The highest BCUT2D eigenvalue weighted by molar-refractivity contribution is 5.24. The zero-order chi connectivity index (χ0) is 10.7. The molecule has 0 aliphatic heterocycles. The van der Waals surface area contributed by atoms with Crippen molar-refractivity contribution in [1.29, 1.82) is 0 Å². The van der Waals surface area contributed by atoms with E-state index in [0.29, 0.717) is 25.1 Å². The van der Waals surface area contributed by atoms with Gasteiger partial charge in [0.2, 0.25) is 0 Å². The van der Waals surface area contributed by atoms with Crippen LogP contribution in [0.1, 0.15) is 24.8 Å². The van der Waals surface area contributed by atoms with Gasteiger partial charge in [0.25, 0.3) is 0 Å². The summed E-state index contributed by atoms with van der Waals surface area (Å²) in [5.41, 5.74) is 5.19. The van der Waals surface area contributed by atoms with Crippen molar-refractivity contribution < 1.29 is 13.2 Å². The highest BCUT2D eigenvalue weighted by atomic mass is 19.1. The first-order valence-corrected chi connectivity index (χ1v) is 4.40. The second kappa shape index (κ2) is 4.46. The van der Waals surface area contributed by atoms with Gasteiger partial charge in [0.05, 0.1) is 0 Å². The van der Waals surface area contributed by atoms with E-state index in [1.807, 2.05) is 0 Å². The third-order valence-corrected chi connectivity index (χ3v) is 2.14. The van der Waals surface area contributed by atoms with Crippen molar-refractivity contribution >= 4 is 0 Å². The number of hydrogen-bond donors (Lipinski definition) is 1. The number of nitrogens with two attached hydrogens (primary N) is 1. The highest BCUT2D eigenvalue weighted by Crippen LogP contribution is 2.25. The normalized spacial score (nSPS) is 12.9. The molecule has 1 nitrogen and oxygen atoms in total. The summed E-state index contributed by atoms with van der Waals surface area (Å²) in [6.07, 6.45) is 0.472. The SMILES string of the molecule is CC(CCN)c1c(F)cc(F)cc1F. The Balaban J connectivity index is 3.07. The van der Waals surface area contributed by atoms with Gasteiger partial charge in [-0.15, -0.1) is 0 Å². The minimum Gasteiger partial charge on any atom is -0.330 e. The zero-order valence-electron chi connectivity index (χ0n) is 7.86. The van der Waals surface area contributed by atoms with E-state index in [9.17, 15) is 13.2 Å². The van der Waals surface area contributed by atoms with Crippen LogP contribution in [0.15, 0.2) is 12.1 Å². The van der Waals surface area contributed by atoms with Crippen LogP contribution in [0, 0.1) is 17.5 Å². The molecule has 0 saturated heterocycles. The number of benzene rings is 1. The van der Waals surface area contributed by atoms with Crippen LogP contribution in [0.5, 0.6) is 0 Å². The fourth-order valence-corrected chi connectivity index (χ4v) is 1.42. The molecular weight excluding hydrogens is 191 g/mol. The molecule has 0 saturated carbocycles. The lowest BCUT2D eigenvalue weighted by atomic mass is 9.96. The van der Waals surface area contributed by atoms with Crippen LogP contribution in [-0.4, -0.2) is 6.54 Å². The van der Waals surface area contributed by atoms with Gasteiger partial charge >= 0.3 is 0 Å². The summed E-state index contributed by atoms with van der Waals surface area (Å²) in [5, 5.41) is 0. The van der Waals surface area contributed by atoms with Gasteiger partial charge in [-0.05, 0) is 18.9 Å². The lowest BCUT2D eigenvalue weighted by molar-refractivity contribution is 0.501. The first kappa shape index (κ1) is 11.0. The molecule has 0 fully saturated rings. The van der Waals surface area contributed by atoms with E-state index < -0.39 is 17.5 Å². The molecule has 0 radical (unpaired) electrons. The van der Waals surface area contributed by atoms with Gasteiger partial charge < -0.3 is 5.73 Å². The standard InChI is InChI=1S/C10H12F3N/c1-6(2-3-14)10-8(12)4-7(11)5-9(10)13/h4-6H,2-3,14H2,1H3. The number of halogens is 3. The largest absolute Gasteiger partial charge is 0.330 e. The van der Waals surface area contributed by atoms with E-state index in [-0.39, 0.29) is 11.5 Å². The molecule has 78 valence electrons. The minimum absolute atomic E-state index is 0.0862. The molecule has 0 aliphatic carbocycles. The Morgan fingerprint density at radius 3 is 2.14 bits per heavy atom. The van der Waals surface area contributed by atoms with Crippen molar-refractivity contribution in [2.24, 2.45) is 5.73 Å². The molecule has 1 aromatic carbocycles. The maximum atomic E-state index is 13.2. The van der Waals surface area contributed by atoms with Crippen molar-refractivity contribution in [1.82, 2.24) is 0 Å². The van der Waals surface area contributed by atoms with Crippen LogP contribution in [0.3, 0.4) is 0 Å². The van der Waals surface area contributed by atoms with Gasteiger partial charge in [0.1, 0.15) is 17.5 Å². The smallest absolute Gasteiger partial charge is 0.132 e. The summed E-state index contributed by atoms with van der Waals surface area (Å²) in [6, 6.07) is 1.37. The van der Waals surface area contributed by atoms with Crippen molar-refractivity contribution in [2.75, 3.05) is 6.54 Å². The van der Waals surface area contributed by atoms with Gasteiger partial charge in [0, 0.05) is 17.7 Å². The van der Waals surface area contributed by atoms with E-state index in [4.69, 9.17) is 5.73 Å². The Labute approximate surface area is 80.7 Å². The Hall–Kier alpha value is -1.03. The molecule has 1 rings (SSSR count). The summed E-state index contributed by atoms with van der Waals surface area (Å²) in [5.74, 6) is -2.92. The zero-order valence-corrected chi connectivity index (χ0v) is 7.86. The van der Waals surface area contributed by atoms with Crippen LogP contribution >= 0.6 is 0 Å². The quantitative estimate of drug-likeness (QED) is 0.802. The molecule has 14 heavy (non-hydrogen) atoms. The van der Waals surface area contributed by atoms with Crippen LogP contribution in [0.4, 0.5) is 13.2 Å². The fraction of sp³-hybridized carbons (Fsp3) is 0.400. The fourth-order valence-electron chi connectivity index (χ4n) is 1.42. The molecule has 4 heteroatoms. The lowest BCUT2D eigenvalue weighted by Crippen LogP contribution is -2.08. The first-order valence-electron chi connectivity index (χ1n) is 4.40. The van der Waals surface area contributed by atoms with E-state index in [2.05, 4.69) is 0 Å². The molecule has 0 spiro atoms. The second-order valence-electron chi connectivity index (χ2n) is 3.26. The highest BCUT2D eigenvalue weighted by Gasteiger charge is 2.16. The minimum atomic E-state index is -0.899. The van der Waals surface area contributed by atoms with E-state index in [1.54, 1.807) is 6.92 Å². The van der Waals surface area contributed by atoms with Gasteiger partial charge in [0.15, 0.2) is 0 Å². The lowest BCUT2D eigenvalue weighted by Gasteiger charge is -2.12. The summed E-state index contributed by atoms with van der Waals surface area (Å²) >= 11 is 0. The maximum Gasteiger partial charge on any atom is 0.132 e. The van der Waals surface area contributed by atoms with Gasteiger partial charge in [-0.2, -0.15) is 0 Å². The predicted molar refractivity (Wildman–Crippen MR) is 48.4 cm³/mol. The van der Waals surface area contributed by atoms with E-state index >= 15 is 0 Å². The van der Waals surface area contributed by atoms with E-state index in [1.165, 1.54) is 0 Å².